The highest BCUT2D eigenvalue weighted by Gasteiger charge is 2.13. The number of aromatic nitrogens is 2. The van der Waals surface area contributed by atoms with Gasteiger partial charge in [-0.2, -0.15) is 5.10 Å². The summed E-state index contributed by atoms with van der Waals surface area (Å²) in [5.74, 6) is -0.0819. The van der Waals surface area contributed by atoms with E-state index in [4.69, 9.17) is 23.2 Å². The number of carbonyl (C=O) groups is 1. The molecule has 0 atom stereocenters. The fourth-order valence-corrected chi connectivity index (χ4v) is 2.86. The molecule has 0 aliphatic heterocycles. The maximum atomic E-state index is 12.2. The highest BCUT2D eigenvalue weighted by Crippen LogP contribution is 2.26. The summed E-state index contributed by atoms with van der Waals surface area (Å²) in [6, 6.07) is 16.3. The first-order valence-corrected chi connectivity index (χ1v) is 8.10. The minimum Gasteiger partial charge on any atom is -0.289 e. The summed E-state index contributed by atoms with van der Waals surface area (Å²) >= 11 is 12.5. The van der Waals surface area contributed by atoms with Gasteiger partial charge in [-0.05, 0) is 37.3 Å². The molecule has 0 radical (unpaired) electrons. The van der Waals surface area contributed by atoms with E-state index < -0.39 is 0 Å². The molecular formula is C19H14Cl2N2O. The number of halogens is 2. The lowest BCUT2D eigenvalue weighted by Crippen LogP contribution is -1.96. The number of hydrogen-bond acceptors (Lipinski definition) is 2. The number of benzene rings is 2. The maximum Gasteiger partial charge on any atom is 0.185 e. The molecule has 0 N–H and O–H groups in total. The van der Waals surface area contributed by atoms with E-state index in [1.165, 1.54) is 6.08 Å². The van der Waals surface area contributed by atoms with E-state index in [9.17, 15) is 4.79 Å². The number of hydrogen-bond donors (Lipinski definition) is 0. The Morgan fingerprint density at radius 3 is 2.54 bits per heavy atom. The summed E-state index contributed by atoms with van der Waals surface area (Å²) in [5, 5.41) is 5.48. The SMILES string of the molecule is Cc1nn(-c2cccc(Cl)c2)c(Cl)c1/C=C/C(=O)c1ccccc1. The molecule has 24 heavy (non-hydrogen) atoms. The predicted octanol–water partition coefficient (Wildman–Crippen LogP) is 5.38. The highest BCUT2D eigenvalue weighted by atomic mass is 35.5. The Balaban J connectivity index is 1.92. The minimum atomic E-state index is -0.0819. The van der Waals surface area contributed by atoms with Crippen molar-refractivity contribution in [1.82, 2.24) is 9.78 Å². The molecule has 0 aliphatic rings. The highest BCUT2D eigenvalue weighted by molar-refractivity contribution is 6.32. The minimum absolute atomic E-state index is 0.0819. The van der Waals surface area contributed by atoms with Gasteiger partial charge in [0, 0.05) is 16.1 Å². The van der Waals surface area contributed by atoms with Crippen LogP contribution in [0.5, 0.6) is 0 Å². The van der Waals surface area contributed by atoms with Crippen LogP contribution in [0.15, 0.2) is 60.7 Å². The summed E-state index contributed by atoms with van der Waals surface area (Å²) in [6.07, 6.45) is 3.20. The van der Waals surface area contributed by atoms with E-state index >= 15 is 0 Å². The van der Waals surface area contributed by atoms with Gasteiger partial charge in [-0.25, -0.2) is 4.68 Å². The van der Waals surface area contributed by atoms with Gasteiger partial charge in [0.15, 0.2) is 5.78 Å². The van der Waals surface area contributed by atoms with Crippen LogP contribution in [-0.2, 0) is 0 Å². The molecule has 120 valence electrons. The van der Waals surface area contributed by atoms with Crippen molar-refractivity contribution < 1.29 is 4.79 Å². The number of rotatable bonds is 4. The van der Waals surface area contributed by atoms with Crippen LogP contribution in [0.1, 0.15) is 21.6 Å². The van der Waals surface area contributed by atoms with Crippen LogP contribution in [0.2, 0.25) is 10.2 Å². The third-order valence-electron chi connectivity index (χ3n) is 3.56. The molecule has 3 nitrogen and oxygen atoms in total. The summed E-state index contributed by atoms with van der Waals surface area (Å²) in [4.78, 5) is 12.2. The zero-order valence-electron chi connectivity index (χ0n) is 12.9. The largest absolute Gasteiger partial charge is 0.289 e. The van der Waals surface area contributed by atoms with Crippen LogP contribution in [0.3, 0.4) is 0 Å². The van der Waals surface area contributed by atoms with E-state index in [1.807, 2.05) is 37.3 Å². The van der Waals surface area contributed by atoms with E-state index in [0.717, 1.165) is 11.4 Å². The molecule has 1 aromatic heterocycles. The molecule has 5 heteroatoms. The van der Waals surface area contributed by atoms with Gasteiger partial charge in [-0.3, -0.25) is 4.79 Å². The first-order chi connectivity index (χ1) is 11.6. The molecule has 0 saturated heterocycles. The molecular weight excluding hydrogens is 343 g/mol. The predicted molar refractivity (Wildman–Crippen MR) is 98.1 cm³/mol. The molecule has 3 aromatic rings. The molecule has 2 aromatic carbocycles. The summed E-state index contributed by atoms with van der Waals surface area (Å²) < 4.78 is 1.61. The fourth-order valence-electron chi connectivity index (χ4n) is 2.34. The van der Waals surface area contributed by atoms with Crippen molar-refractivity contribution in [3.05, 3.63) is 87.7 Å². The summed E-state index contributed by atoms with van der Waals surface area (Å²) in [6.45, 7) is 1.85. The fraction of sp³-hybridized carbons (Fsp3) is 0.0526. The summed E-state index contributed by atoms with van der Waals surface area (Å²) in [5.41, 5.74) is 2.84. The molecule has 0 unspecified atom stereocenters. The number of ketones is 1. The van der Waals surface area contributed by atoms with Crippen molar-refractivity contribution >= 4 is 35.1 Å². The molecule has 0 spiro atoms. The van der Waals surface area contributed by atoms with Crippen molar-refractivity contribution in [1.29, 1.82) is 0 Å². The van der Waals surface area contributed by atoms with Crippen molar-refractivity contribution in [2.75, 3.05) is 0 Å². The summed E-state index contributed by atoms with van der Waals surface area (Å²) in [7, 11) is 0. The zero-order valence-corrected chi connectivity index (χ0v) is 14.4. The van der Waals surface area contributed by atoms with Gasteiger partial charge in [-0.15, -0.1) is 0 Å². The molecule has 3 rings (SSSR count). The van der Waals surface area contributed by atoms with E-state index in [-0.39, 0.29) is 5.78 Å². The van der Waals surface area contributed by atoms with Crippen molar-refractivity contribution in [3.8, 4) is 5.69 Å². The Morgan fingerprint density at radius 2 is 1.83 bits per heavy atom. The van der Waals surface area contributed by atoms with Crippen LogP contribution < -0.4 is 0 Å². The standard InChI is InChI=1S/C19H14Cl2N2O/c1-13-17(10-11-18(24)14-6-3-2-4-7-14)19(21)23(22-13)16-9-5-8-15(20)12-16/h2-12H,1H3/b11-10+. The molecule has 1 heterocycles. The molecule has 0 fully saturated rings. The molecule has 0 amide bonds. The van der Waals surface area contributed by atoms with Crippen LogP contribution in [0.4, 0.5) is 0 Å². The number of allylic oxidation sites excluding steroid dienone is 1. The number of nitrogens with zero attached hydrogens (tertiary/aromatic N) is 2. The van der Waals surface area contributed by atoms with Gasteiger partial charge >= 0.3 is 0 Å². The second-order valence-electron chi connectivity index (χ2n) is 5.25. The monoisotopic (exact) mass is 356 g/mol. The van der Waals surface area contributed by atoms with Crippen LogP contribution in [0.25, 0.3) is 11.8 Å². The zero-order chi connectivity index (χ0) is 17.1. The second-order valence-corrected chi connectivity index (χ2v) is 6.04. The average molecular weight is 357 g/mol. The average Bonchev–Trinajstić information content (AvgIpc) is 2.88. The van der Waals surface area contributed by atoms with Crippen LogP contribution >= 0.6 is 23.2 Å². The lowest BCUT2D eigenvalue weighted by Gasteiger charge is -2.03. The lowest BCUT2D eigenvalue weighted by atomic mass is 10.1. The van der Waals surface area contributed by atoms with E-state index in [1.54, 1.807) is 35.0 Å². The second kappa shape index (κ2) is 7.04. The topological polar surface area (TPSA) is 34.9 Å². The van der Waals surface area contributed by atoms with Crippen molar-refractivity contribution in [2.24, 2.45) is 0 Å². The Labute approximate surface area is 150 Å². The van der Waals surface area contributed by atoms with Crippen molar-refractivity contribution in [2.45, 2.75) is 6.92 Å². The third kappa shape index (κ3) is 3.42. The molecule has 0 aliphatic carbocycles. The third-order valence-corrected chi connectivity index (χ3v) is 4.16. The normalized spacial score (nSPS) is 11.1. The first kappa shape index (κ1) is 16.5. The van der Waals surface area contributed by atoms with Gasteiger partial charge in [0.2, 0.25) is 0 Å². The van der Waals surface area contributed by atoms with Gasteiger partial charge in [0.05, 0.1) is 11.4 Å². The van der Waals surface area contributed by atoms with E-state index in [2.05, 4.69) is 5.10 Å². The van der Waals surface area contributed by atoms with Gasteiger partial charge in [0.1, 0.15) is 5.15 Å². The Kier molecular flexibility index (Phi) is 4.84. The Bertz CT molecular complexity index is 914. The Morgan fingerprint density at radius 1 is 1.08 bits per heavy atom. The Hall–Kier alpha value is -2.36. The quantitative estimate of drug-likeness (QED) is 0.464. The molecule has 0 saturated carbocycles. The number of carbonyl (C=O) groups excluding carboxylic acids is 1. The van der Waals surface area contributed by atoms with Gasteiger partial charge < -0.3 is 0 Å². The lowest BCUT2D eigenvalue weighted by molar-refractivity contribution is 0.104. The molecule has 0 bridgehead atoms. The number of aryl methyl sites for hydroxylation is 1. The van der Waals surface area contributed by atoms with E-state index in [0.29, 0.717) is 21.3 Å². The van der Waals surface area contributed by atoms with Crippen molar-refractivity contribution in [3.63, 3.8) is 0 Å². The van der Waals surface area contributed by atoms with Crippen LogP contribution in [0, 0.1) is 6.92 Å². The maximum absolute atomic E-state index is 12.2. The first-order valence-electron chi connectivity index (χ1n) is 7.35. The van der Waals surface area contributed by atoms with Crippen LogP contribution in [-0.4, -0.2) is 15.6 Å². The van der Waals surface area contributed by atoms with Gasteiger partial charge in [0.25, 0.3) is 0 Å². The smallest absolute Gasteiger partial charge is 0.185 e. The van der Waals surface area contributed by atoms with Gasteiger partial charge in [-0.1, -0.05) is 59.6 Å².